The fraction of sp³-hybridized carbons (Fsp3) is 0.214. The van der Waals surface area contributed by atoms with Gasteiger partial charge in [0, 0.05) is 17.3 Å². The summed E-state index contributed by atoms with van der Waals surface area (Å²) in [7, 11) is 0. The Balaban J connectivity index is 1.94. The Labute approximate surface area is 117 Å². The number of benzene rings is 1. The molecule has 0 aliphatic rings. The Kier molecular flexibility index (Phi) is 4.32. The molecule has 0 saturated heterocycles. The first-order valence-electron chi connectivity index (χ1n) is 5.91. The van der Waals surface area contributed by atoms with Crippen LogP contribution < -0.4 is 5.32 Å². The molecule has 0 aliphatic heterocycles. The van der Waals surface area contributed by atoms with E-state index < -0.39 is 0 Å². The van der Waals surface area contributed by atoms with E-state index in [1.165, 1.54) is 5.56 Å². The van der Waals surface area contributed by atoms with Gasteiger partial charge in [-0.2, -0.15) is 5.26 Å². The van der Waals surface area contributed by atoms with Crippen molar-refractivity contribution in [3.63, 3.8) is 0 Å². The number of nitrogens with one attached hydrogen (secondary N) is 1. The van der Waals surface area contributed by atoms with Gasteiger partial charge in [0.1, 0.15) is 11.8 Å². The Morgan fingerprint density at radius 1 is 1.26 bits per heavy atom. The number of hydrogen-bond acceptors (Lipinski definition) is 4. The largest absolute Gasteiger partial charge is 0.354 e. The number of anilines is 1. The molecule has 0 amide bonds. The van der Waals surface area contributed by atoms with Crippen molar-refractivity contribution >= 4 is 17.5 Å². The van der Waals surface area contributed by atoms with Crippen LogP contribution in [0.2, 0.25) is 5.02 Å². The minimum atomic E-state index is 0.376. The molecule has 1 aromatic heterocycles. The molecule has 0 saturated carbocycles. The Morgan fingerprint density at radius 2 is 2.00 bits per heavy atom. The molecule has 1 heterocycles. The van der Waals surface area contributed by atoms with Crippen molar-refractivity contribution in [2.75, 3.05) is 11.9 Å². The predicted octanol–water partition coefficient (Wildman–Crippen LogP) is 2.96. The third-order valence-electron chi connectivity index (χ3n) is 2.58. The zero-order chi connectivity index (χ0) is 13.7. The first-order valence-corrected chi connectivity index (χ1v) is 6.29. The molecule has 4 nitrogen and oxygen atoms in total. The van der Waals surface area contributed by atoms with E-state index in [1.54, 1.807) is 6.07 Å². The molecule has 0 atom stereocenters. The molecular weight excluding hydrogens is 260 g/mol. The summed E-state index contributed by atoms with van der Waals surface area (Å²) in [5, 5.41) is 12.7. The quantitative estimate of drug-likeness (QED) is 0.929. The minimum absolute atomic E-state index is 0.376. The van der Waals surface area contributed by atoms with Crippen LogP contribution in [0.4, 0.5) is 5.95 Å². The van der Waals surface area contributed by atoms with E-state index in [0.717, 1.165) is 17.1 Å². The molecule has 0 spiro atoms. The van der Waals surface area contributed by atoms with Crippen molar-refractivity contribution in [3.05, 3.63) is 52.3 Å². The van der Waals surface area contributed by atoms with Gasteiger partial charge in [-0.05, 0) is 37.1 Å². The second-order valence-electron chi connectivity index (χ2n) is 4.13. The van der Waals surface area contributed by atoms with Crippen molar-refractivity contribution in [2.45, 2.75) is 13.3 Å². The zero-order valence-electron chi connectivity index (χ0n) is 10.5. The van der Waals surface area contributed by atoms with Gasteiger partial charge in [0.25, 0.3) is 0 Å². The van der Waals surface area contributed by atoms with Crippen LogP contribution in [0.15, 0.2) is 30.3 Å². The third kappa shape index (κ3) is 3.94. The molecule has 2 aromatic rings. The number of nitrogens with zero attached hydrogens (tertiary/aromatic N) is 3. The molecule has 0 unspecified atom stereocenters. The topological polar surface area (TPSA) is 61.6 Å². The van der Waals surface area contributed by atoms with Crippen molar-refractivity contribution in [3.8, 4) is 6.07 Å². The normalized spacial score (nSPS) is 9.95. The highest BCUT2D eigenvalue weighted by molar-refractivity contribution is 6.30. The summed E-state index contributed by atoms with van der Waals surface area (Å²) in [6, 6.07) is 11.4. The molecule has 2 rings (SSSR count). The van der Waals surface area contributed by atoms with Gasteiger partial charge in [-0.1, -0.05) is 23.7 Å². The third-order valence-corrected chi connectivity index (χ3v) is 2.83. The van der Waals surface area contributed by atoms with E-state index in [0.29, 0.717) is 18.2 Å². The van der Waals surface area contributed by atoms with Gasteiger partial charge in [0.15, 0.2) is 0 Å². The maximum absolute atomic E-state index is 8.84. The number of aromatic nitrogens is 2. The maximum atomic E-state index is 8.84. The number of rotatable bonds is 4. The van der Waals surface area contributed by atoms with Crippen LogP contribution in [0.1, 0.15) is 17.0 Å². The second-order valence-corrected chi connectivity index (χ2v) is 4.57. The molecular formula is C14H13ClN4. The van der Waals surface area contributed by atoms with Crippen LogP contribution in [0, 0.1) is 18.3 Å². The van der Waals surface area contributed by atoms with Crippen LogP contribution in [-0.4, -0.2) is 16.5 Å². The lowest BCUT2D eigenvalue weighted by Gasteiger charge is -2.06. The number of aryl methyl sites for hydroxylation is 1. The smallest absolute Gasteiger partial charge is 0.224 e. The van der Waals surface area contributed by atoms with Crippen LogP contribution in [0.5, 0.6) is 0 Å². The lowest BCUT2D eigenvalue weighted by atomic mass is 10.1. The highest BCUT2D eigenvalue weighted by Gasteiger charge is 2.01. The summed E-state index contributed by atoms with van der Waals surface area (Å²) in [4.78, 5) is 8.33. The van der Waals surface area contributed by atoms with E-state index in [4.69, 9.17) is 16.9 Å². The Hall–Kier alpha value is -2.12. The molecule has 0 bridgehead atoms. The molecule has 5 heteroatoms. The minimum Gasteiger partial charge on any atom is -0.354 e. The monoisotopic (exact) mass is 272 g/mol. The van der Waals surface area contributed by atoms with Crippen LogP contribution in [-0.2, 0) is 6.42 Å². The lowest BCUT2D eigenvalue weighted by Crippen LogP contribution is -2.09. The highest BCUT2D eigenvalue weighted by atomic mass is 35.5. The lowest BCUT2D eigenvalue weighted by molar-refractivity contribution is 0.970. The molecule has 0 fully saturated rings. The maximum Gasteiger partial charge on any atom is 0.224 e. The van der Waals surface area contributed by atoms with Gasteiger partial charge < -0.3 is 5.32 Å². The van der Waals surface area contributed by atoms with Gasteiger partial charge in [0.05, 0.1) is 0 Å². The van der Waals surface area contributed by atoms with Gasteiger partial charge in [-0.3, -0.25) is 0 Å². The second kappa shape index (κ2) is 6.17. The van der Waals surface area contributed by atoms with Gasteiger partial charge in [-0.15, -0.1) is 0 Å². The summed E-state index contributed by atoms with van der Waals surface area (Å²) < 4.78 is 0. The molecule has 1 aromatic carbocycles. The van der Waals surface area contributed by atoms with Crippen LogP contribution in [0.3, 0.4) is 0 Å². The van der Waals surface area contributed by atoms with Crippen molar-refractivity contribution in [2.24, 2.45) is 0 Å². The molecule has 0 aliphatic carbocycles. The predicted molar refractivity (Wildman–Crippen MR) is 75.1 cm³/mol. The number of halogens is 1. The summed E-state index contributed by atoms with van der Waals surface area (Å²) in [5.74, 6) is 0.491. The Morgan fingerprint density at radius 3 is 2.68 bits per heavy atom. The van der Waals surface area contributed by atoms with Crippen molar-refractivity contribution < 1.29 is 0 Å². The van der Waals surface area contributed by atoms with Crippen molar-refractivity contribution in [1.29, 1.82) is 5.26 Å². The van der Waals surface area contributed by atoms with E-state index >= 15 is 0 Å². The van der Waals surface area contributed by atoms with E-state index in [1.807, 2.05) is 37.3 Å². The standard InChI is InChI=1S/C14H13ClN4/c1-10-8-13(9-16)19-14(18-10)17-7-6-11-2-4-12(15)5-3-11/h2-5,8H,6-7H2,1H3,(H,17,18,19). The molecule has 19 heavy (non-hydrogen) atoms. The fourth-order valence-corrected chi connectivity index (χ4v) is 1.80. The number of hydrogen-bond donors (Lipinski definition) is 1. The fourth-order valence-electron chi connectivity index (χ4n) is 1.67. The van der Waals surface area contributed by atoms with Gasteiger partial charge in [-0.25, -0.2) is 9.97 Å². The van der Waals surface area contributed by atoms with Crippen LogP contribution >= 0.6 is 11.6 Å². The molecule has 96 valence electrons. The summed E-state index contributed by atoms with van der Waals surface area (Å²) in [5.41, 5.74) is 2.34. The first kappa shape index (κ1) is 13.3. The average Bonchev–Trinajstić information content (AvgIpc) is 2.40. The van der Waals surface area contributed by atoms with E-state index in [2.05, 4.69) is 15.3 Å². The summed E-state index contributed by atoms with van der Waals surface area (Å²) in [6.07, 6.45) is 0.844. The van der Waals surface area contributed by atoms with Crippen LogP contribution in [0.25, 0.3) is 0 Å². The summed E-state index contributed by atoms with van der Waals surface area (Å²) >= 11 is 5.83. The molecule has 1 N–H and O–H groups in total. The molecule has 0 radical (unpaired) electrons. The van der Waals surface area contributed by atoms with Crippen molar-refractivity contribution in [1.82, 2.24) is 9.97 Å². The van der Waals surface area contributed by atoms with E-state index in [-0.39, 0.29) is 0 Å². The highest BCUT2D eigenvalue weighted by Crippen LogP contribution is 2.10. The zero-order valence-corrected chi connectivity index (χ0v) is 11.3. The SMILES string of the molecule is Cc1cc(C#N)nc(NCCc2ccc(Cl)cc2)n1. The summed E-state index contributed by atoms with van der Waals surface area (Å²) in [6.45, 7) is 2.54. The number of nitriles is 1. The average molecular weight is 273 g/mol. The van der Waals surface area contributed by atoms with Gasteiger partial charge in [0.2, 0.25) is 5.95 Å². The first-order chi connectivity index (χ1) is 9.17. The van der Waals surface area contributed by atoms with E-state index in [9.17, 15) is 0 Å². The van der Waals surface area contributed by atoms with Gasteiger partial charge >= 0.3 is 0 Å². The Bertz CT molecular complexity index is 602.